The van der Waals surface area contributed by atoms with Crippen LogP contribution < -0.4 is 10.6 Å². The van der Waals surface area contributed by atoms with Gasteiger partial charge in [0, 0.05) is 41.4 Å². The Balaban J connectivity index is 0.00000126. The number of allylic oxidation sites excluding steroid dienone is 1. The zero-order chi connectivity index (χ0) is 23.2. The lowest BCUT2D eigenvalue weighted by atomic mass is 9.92. The number of aliphatic imine (C=N–C) groups is 1. The fraction of sp³-hybridized carbons (Fsp3) is 0.296. The fourth-order valence-electron chi connectivity index (χ4n) is 4.23. The highest BCUT2D eigenvalue weighted by Gasteiger charge is 2.22. The van der Waals surface area contributed by atoms with E-state index in [1.54, 1.807) is 6.20 Å². The van der Waals surface area contributed by atoms with Gasteiger partial charge >= 0.3 is 0 Å². The number of hydrogen-bond donors (Lipinski definition) is 2. The second-order valence-corrected chi connectivity index (χ2v) is 8.05. The molecule has 0 radical (unpaired) electrons. The summed E-state index contributed by atoms with van der Waals surface area (Å²) in [6.07, 6.45) is 10.0. The number of hydrogen-bond acceptors (Lipinski definition) is 5. The Morgan fingerprint density at radius 2 is 1.85 bits per heavy atom. The third-order valence-corrected chi connectivity index (χ3v) is 5.93. The summed E-state index contributed by atoms with van der Waals surface area (Å²) in [5.41, 5.74) is 4.56. The molecule has 2 N–H and O–H groups in total. The molecule has 33 heavy (non-hydrogen) atoms. The molecule has 0 unspecified atom stereocenters. The van der Waals surface area contributed by atoms with Crippen LogP contribution in [0.4, 0.5) is 10.2 Å². The molecule has 0 aliphatic carbocycles. The number of benzene rings is 1. The van der Waals surface area contributed by atoms with Crippen molar-refractivity contribution in [3.05, 3.63) is 78.8 Å². The van der Waals surface area contributed by atoms with Gasteiger partial charge in [-0.2, -0.15) is 0 Å². The van der Waals surface area contributed by atoms with Gasteiger partial charge in [-0.15, -0.1) is 0 Å². The van der Waals surface area contributed by atoms with Crippen LogP contribution in [0.1, 0.15) is 33.1 Å². The van der Waals surface area contributed by atoms with E-state index < -0.39 is 0 Å². The molecule has 5 rings (SSSR count). The van der Waals surface area contributed by atoms with Crippen LogP contribution >= 0.6 is 0 Å². The minimum atomic E-state index is -0.347. The molecule has 2 aliphatic heterocycles. The standard InChI is InChI=1S/C25H24FN5.C2H6/c1-16(23-4-5-24(31-23)17-6-8-27-9-7-17)30-25-12-20-10-18(2-3-19(20)14-29-25)21-11-22(26)15-28-13-21;1-2/h2-4,10-15,17,27H,1,5-9H2,(H,29,30);1-2H3. The molecule has 0 saturated carbocycles. The first-order valence-corrected chi connectivity index (χ1v) is 11.6. The van der Waals surface area contributed by atoms with Crippen molar-refractivity contribution in [2.24, 2.45) is 10.9 Å². The highest BCUT2D eigenvalue weighted by atomic mass is 19.1. The normalized spacial score (nSPS) is 16.0. The van der Waals surface area contributed by atoms with Crippen LogP contribution in [0.3, 0.4) is 0 Å². The SMILES string of the molecule is C=C(Nc1cc2cc(-c3cncc(F)c3)ccc2cn1)C1=CCC(C2CCNCC2)=N1.CC. The lowest BCUT2D eigenvalue weighted by molar-refractivity contribution is 0.454. The first kappa shape index (κ1) is 22.8. The summed E-state index contributed by atoms with van der Waals surface area (Å²) in [7, 11) is 0. The summed E-state index contributed by atoms with van der Waals surface area (Å²) in [6.45, 7) is 10.3. The molecule has 1 aromatic carbocycles. The number of halogens is 1. The molecule has 2 aromatic heterocycles. The lowest BCUT2D eigenvalue weighted by Crippen LogP contribution is -2.31. The van der Waals surface area contributed by atoms with Crippen LogP contribution in [0, 0.1) is 11.7 Å². The molecule has 2 aliphatic rings. The second-order valence-electron chi connectivity index (χ2n) is 8.05. The molecule has 170 valence electrons. The number of nitrogens with one attached hydrogen (secondary N) is 2. The number of fused-ring (bicyclic) bond motifs is 1. The first-order chi connectivity index (χ1) is 16.2. The Morgan fingerprint density at radius 3 is 2.64 bits per heavy atom. The summed E-state index contributed by atoms with van der Waals surface area (Å²) in [4.78, 5) is 13.3. The van der Waals surface area contributed by atoms with Crippen molar-refractivity contribution in [1.29, 1.82) is 0 Å². The highest BCUT2D eigenvalue weighted by molar-refractivity contribution is 5.92. The summed E-state index contributed by atoms with van der Waals surface area (Å²) >= 11 is 0. The molecule has 1 fully saturated rings. The third-order valence-electron chi connectivity index (χ3n) is 5.93. The quantitative estimate of drug-likeness (QED) is 0.499. The molecule has 0 bridgehead atoms. The number of rotatable bonds is 5. The molecule has 0 atom stereocenters. The molecular weight excluding hydrogens is 413 g/mol. The van der Waals surface area contributed by atoms with Crippen molar-refractivity contribution in [2.45, 2.75) is 33.1 Å². The maximum absolute atomic E-state index is 13.6. The van der Waals surface area contributed by atoms with Gasteiger partial charge in [-0.05, 0) is 55.1 Å². The van der Waals surface area contributed by atoms with E-state index in [0.29, 0.717) is 11.7 Å². The van der Waals surface area contributed by atoms with Crippen molar-refractivity contribution in [3.8, 4) is 11.1 Å². The minimum Gasteiger partial charge on any atom is -0.339 e. The largest absolute Gasteiger partial charge is 0.339 e. The molecule has 6 heteroatoms. The maximum atomic E-state index is 13.6. The lowest BCUT2D eigenvalue weighted by Gasteiger charge is -2.22. The van der Waals surface area contributed by atoms with Gasteiger partial charge in [-0.25, -0.2) is 9.37 Å². The topological polar surface area (TPSA) is 62.2 Å². The predicted octanol–water partition coefficient (Wildman–Crippen LogP) is 6.12. The fourth-order valence-corrected chi connectivity index (χ4v) is 4.23. The van der Waals surface area contributed by atoms with E-state index in [9.17, 15) is 4.39 Å². The van der Waals surface area contributed by atoms with Gasteiger partial charge in [-0.3, -0.25) is 9.98 Å². The van der Waals surface area contributed by atoms with Crippen LogP contribution in [0.25, 0.3) is 21.9 Å². The van der Waals surface area contributed by atoms with E-state index >= 15 is 0 Å². The number of anilines is 1. The van der Waals surface area contributed by atoms with Crippen LogP contribution in [-0.4, -0.2) is 28.8 Å². The molecule has 3 aromatic rings. The van der Waals surface area contributed by atoms with Crippen molar-refractivity contribution in [2.75, 3.05) is 18.4 Å². The van der Waals surface area contributed by atoms with Crippen molar-refractivity contribution in [3.63, 3.8) is 0 Å². The third kappa shape index (κ3) is 5.34. The number of pyridine rings is 2. The van der Waals surface area contributed by atoms with E-state index in [1.807, 2.05) is 44.3 Å². The molecule has 1 saturated heterocycles. The van der Waals surface area contributed by atoms with Gasteiger partial charge in [0.05, 0.1) is 17.6 Å². The zero-order valence-corrected chi connectivity index (χ0v) is 19.2. The number of piperidine rings is 1. The van der Waals surface area contributed by atoms with E-state index in [4.69, 9.17) is 4.99 Å². The van der Waals surface area contributed by atoms with E-state index in [-0.39, 0.29) is 5.82 Å². The van der Waals surface area contributed by atoms with Crippen LogP contribution in [0.2, 0.25) is 0 Å². The Morgan fingerprint density at radius 1 is 1.03 bits per heavy atom. The molecule has 0 amide bonds. The first-order valence-electron chi connectivity index (χ1n) is 11.6. The Hall–Kier alpha value is -3.38. The zero-order valence-electron chi connectivity index (χ0n) is 19.2. The van der Waals surface area contributed by atoms with E-state index in [2.05, 4.69) is 33.3 Å². The minimum absolute atomic E-state index is 0.347. The number of nitrogens with zero attached hydrogens (tertiary/aromatic N) is 3. The van der Waals surface area contributed by atoms with E-state index in [1.165, 1.54) is 18.0 Å². The average molecular weight is 444 g/mol. The average Bonchev–Trinajstić information content (AvgIpc) is 3.36. The second kappa shape index (κ2) is 10.5. The van der Waals surface area contributed by atoms with Gasteiger partial charge in [0.15, 0.2) is 0 Å². The molecule has 4 heterocycles. The van der Waals surface area contributed by atoms with Crippen molar-refractivity contribution < 1.29 is 4.39 Å². The predicted molar refractivity (Wildman–Crippen MR) is 135 cm³/mol. The Kier molecular flexibility index (Phi) is 7.25. The van der Waals surface area contributed by atoms with Crippen molar-refractivity contribution >= 4 is 22.3 Å². The Bertz CT molecular complexity index is 1210. The molecular formula is C27H30FN5. The van der Waals surface area contributed by atoms with Crippen molar-refractivity contribution in [1.82, 2.24) is 15.3 Å². The Labute approximate surface area is 194 Å². The smallest absolute Gasteiger partial charge is 0.142 e. The molecule has 5 nitrogen and oxygen atoms in total. The summed E-state index contributed by atoms with van der Waals surface area (Å²) < 4.78 is 13.6. The van der Waals surface area contributed by atoms with E-state index in [0.717, 1.165) is 65.6 Å². The van der Waals surface area contributed by atoms with Crippen LogP contribution in [0.15, 0.2) is 78.0 Å². The summed E-state index contributed by atoms with van der Waals surface area (Å²) in [5.74, 6) is 0.927. The van der Waals surface area contributed by atoms with Gasteiger partial charge in [0.1, 0.15) is 11.6 Å². The monoisotopic (exact) mass is 443 g/mol. The van der Waals surface area contributed by atoms with Gasteiger partial charge in [0.2, 0.25) is 0 Å². The summed E-state index contributed by atoms with van der Waals surface area (Å²) in [6, 6.07) is 9.41. The van der Waals surface area contributed by atoms with Gasteiger partial charge in [0.25, 0.3) is 0 Å². The van der Waals surface area contributed by atoms with Crippen LogP contribution in [0.5, 0.6) is 0 Å². The van der Waals surface area contributed by atoms with Crippen LogP contribution in [-0.2, 0) is 0 Å². The van der Waals surface area contributed by atoms with Gasteiger partial charge < -0.3 is 10.6 Å². The highest BCUT2D eigenvalue weighted by Crippen LogP contribution is 2.28. The maximum Gasteiger partial charge on any atom is 0.142 e. The van der Waals surface area contributed by atoms with Gasteiger partial charge in [-0.1, -0.05) is 38.6 Å². The number of aromatic nitrogens is 2. The summed E-state index contributed by atoms with van der Waals surface area (Å²) in [5, 5.41) is 8.72. The molecule has 0 spiro atoms.